The lowest BCUT2D eigenvalue weighted by atomic mass is 10.1. The van der Waals surface area contributed by atoms with Gasteiger partial charge in [0.25, 0.3) is 5.91 Å². The predicted octanol–water partition coefficient (Wildman–Crippen LogP) is -0.142. The molecule has 0 spiro atoms. The largest absolute Gasteiger partial charge is 0.355 e. The summed E-state index contributed by atoms with van der Waals surface area (Å²) in [4.78, 5) is 24.9. The number of hydrogen-bond donors (Lipinski definition) is 3. The molecule has 0 radical (unpaired) electrons. The van der Waals surface area contributed by atoms with Crippen molar-refractivity contribution in [3.8, 4) is 0 Å². The molecule has 0 aliphatic rings. The van der Waals surface area contributed by atoms with E-state index in [-0.39, 0.29) is 18.4 Å². The van der Waals surface area contributed by atoms with Crippen molar-refractivity contribution >= 4 is 11.8 Å². The van der Waals surface area contributed by atoms with Crippen molar-refractivity contribution in [2.45, 2.75) is 13.5 Å². The molecule has 0 aliphatic heterocycles. The van der Waals surface area contributed by atoms with E-state index >= 15 is 0 Å². The number of nitrogens with two attached hydrogens (primary N) is 1. The molecule has 0 saturated heterocycles. The zero-order valence-electron chi connectivity index (χ0n) is 11.3. The van der Waals surface area contributed by atoms with Crippen LogP contribution in [0.1, 0.15) is 22.8 Å². The van der Waals surface area contributed by atoms with Gasteiger partial charge in [-0.2, -0.15) is 0 Å². The Morgan fingerprint density at radius 1 is 1.32 bits per heavy atom. The second kappa shape index (κ2) is 7.50. The molecule has 0 saturated carbocycles. The summed E-state index contributed by atoms with van der Waals surface area (Å²) in [6.45, 7) is 3.27. The number of carbonyl (C=O) groups is 2. The molecule has 0 atom stereocenters. The van der Waals surface area contributed by atoms with Crippen LogP contribution in [0.15, 0.2) is 24.3 Å². The summed E-state index contributed by atoms with van der Waals surface area (Å²) in [6.07, 6.45) is 0. The van der Waals surface area contributed by atoms with Gasteiger partial charge >= 0.3 is 0 Å². The number of benzene rings is 1. The van der Waals surface area contributed by atoms with Crippen LogP contribution < -0.4 is 16.6 Å². The van der Waals surface area contributed by atoms with Gasteiger partial charge < -0.3 is 5.32 Å². The van der Waals surface area contributed by atoms with Gasteiger partial charge in [0, 0.05) is 18.7 Å². The number of carbonyl (C=O) groups excluding carboxylic acids is 2. The fourth-order valence-electron chi connectivity index (χ4n) is 1.80. The Kier molecular flexibility index (Phi) is 5.98. The van der Waals surface area contributed by atoms with Gasteiger partial charge in [0.1, 0.15) is 0 Å². The predicted molar refractivity (Wildman–Crippen MR) is 73.1 cm³/mol. The smallest absolute Gasteiger partial charge is 0.265 e. The Balaban J connectivity index is 2.71. The summed E-state index contributed by atoms with van der Waals surface area (Å²) in [6, 6.07) is 7.18. The number of nitrogens with one attached hydrogen (secondary N) is 2. The number of amides is 2. The van der Waals surface area contributed by atoms with Crippen molar-refractivity contribution in [1.29, 1.82) is 0 Å². The first kappa shape index (κ1) is 15.1. The highest BCUT2D eigenvalue weighted by Gasteiger charge is 2.12. The highest BCUT2D eigenvalue weighted by atomic mass is 16.2. The molecule has 0 fully saturated rings. The maximum absolute atomic E-state index is 11.6. The van der Waals surface area contributed by atoms with Gasteiger partial charge in [-0.3, -0.25) is 19.9 Å². The van der Waals surface area contributed by atoms with Crippen LogP contribution in [0.4, 0.5) is 0 Å². The summed E-state index contributed by atoms with van der Waals surface area (Å²) in [5.41, 5.74) is 3.47. The molecule has 0 unspecified atom stereocenters. The third-order valence-electron chi connectivity index (χ3n) is 2.62. The van der Waals surface area contributed by atoms with Crippen LogP contribution >= 0.6 is 0 Å². The van der Waals surface area contributed by atoms with Crippen LogP contribution in [0.25, 0.3) is 0 Å². The van der Waals surface area contributed by atoms with Crippen molar-refractivity contribution in [3.63, 3.8) is 0 Å². The van der Waals surface area contributed by atoms with Crippen LogP contribution in [0.3, 0.4) is 0 Å². The summed E-state index contributed by atoms with van der Waals surface area (Å²) in [5.74, 6) is 4.78. The summed E-state index contributed by atoms with van der Waals surface area (Å²) < 4.78 is 0. The third kappa shape index (κ3) is 4.69. The second-order valence-corrected chi connectivity index (χ2v) is 4.26. The van der Waals surface area contributed by atoms with Gasteiger partial charge in [-0.25, -0.2) is 5.84 Å². The molecular weight excluding hydrogens is 244 g/mol. The molecular formula is C13H20N4O2. The Morgan fingerprint density at radius 3 is 2.63 bits per heavy atom. The quantitative estimate of drug-likeness (QED) is 0.379. The molecule has 0 bridgehead atoms. The van der Waals surface area contributed by atoms with E-state index in [1.165, 1.54) is 0 Å². The van der Waals surface area contributed by atoms with Gasteiger partial charge in [0.05, 0.1) is 6.54 Å². The van der Waals surface area contributed by atoms with Crippen molar-refractivity contribution < 1.29 is 9.59 Å². The summed E-state index contributed by atoms with van der Waals surface area (Å²) in [7, 11) is 1.83. The lowest BCUT2D eigenvalue weighted by Gasteiger charge is -2.17. The number of hydrogen-bond acceptors (Lipinski definition) is 4. The van der Waals surface area contributed by atoms with Crippen molar-refractivity contribution in [3.05, 3.63) is 35.4 Å². The van der Waals surface area contributed by atoms with Gasteiger partial charge in [0.2, 0.25) is 5.91 Å². The van der Waals surface area contributed by atoms with Gasteiger partial charge in [-0.05, 0) is 25.6 Å². The molecule has 0 aromatic heterocycles. The van der Waals surface area contributed by atoms with Crippen LogP contribution in [-0.4, -0.2) is 36.9 Å². The second-order valence-electron chi connectivity index (χ2n) is 4.26. The minimum Gasteiger partial charge on any atom is -0.355 e. The highest BCUT2D eigenvalue weighted by Crippen LogP contribution is 2.10. The van der Waals surface area contributed by atoms with E-state index in [2.05, 4.69) is 10.7 Å². The number of hydrazine groups is 1. The first-order valence-corrected chi connectivity index (χ1v) is 6.12. The van der Waals surface area contributed by atoms with Crippen molar-refractivity contribution in [2.24, 2.45) is 5.84 Å². The molecule has 0 heterocycles. The Labute approximate surface area is 112 Å². The number of nitrogens with zero attached hydrogens (tertiary/aromatic N) is 1. The fourth-order valence-corrected chi connectivity index (χ4v) is 1.80. The van der Waals surface area contributed by atoms with Crippen LogP contribution in [0, 0.1) is 0 Å². The monoisotopic (exact) mass is 264 g/mol. The standard InChI is InChI=1S/C13H20N4O2/c1-3-15-12(18)9-17(2)8-10-6-4-5-7-11(10)13(19)16-14/h4-7H,3,8-9,14H2,1-2H3,(H,15,18)(H,16,19). The lowest BCUT2D eigenvalue weighted by Crippen LogP contribution is -2.35. The van der Waals surface area contributed by atoms with Gasteiger partial charge in [-0.15, -0.1) is 0 Å². The van der Waals surface area contributed by atoms with E-state index in [0.717, 1.165) is 5.56 Å². The van der Waals surface area contributed by atoms with Crippen molar-refractivity contribution in [2.75, 3.05) is 20.1 Å². The molecule has 2 amide bonds. The minimum absolute atomic E-state index is 0.0363. The molecule has 4 N–H and O–H groups in total. The van der Waals surface area contributed by atoms with Gasteiger partial charge in [-0.1, -0.05) is 18.2 Å². The van der Waals surface area contributed by atoms with E-state index in [9.17, 15) is 9.59 Å². The summed E-state index contributed by atoms with van der Waals surface area (Å²) in [5, 5.41) is 2.73. The first-order valence-electron chi connectivity index (χ1n) is 6.12. The number of rotatable bonds is 6. The molecule has 1 rings (SSSR count). The van der Waals surface area contributed by atoms with E-state index in [1.807, 2.05) is 31.0 Å². The normalized spacial score (nSPS) is 10.3. The van der Waals surface area contributed by atoms with Crippen LogP contribution in [0.2, 0.25) is 0 Å². The maximum Gasteiger partial charge on any atom is 0.265 e. The number of likely N-dealkylation sites (N-methyl/N-ethyl adjacent to an activating group) is 2. The highest BCUT2D eigenvalue weighted by molar-refractivity contribution is 5.95. The van der Waals surface area contributed by atoms with E-state index in [4.69, 9.17) is 5.84 Å². The van der Waals surface area contributed by atoms with E-state index in [1.54, 1.807) is 12.1 Å². The molecule has 104 valence electrons. The van der Waals surface area contributed by atoms with E-state index in [0.29, 0.717) is 18.7 Å². The lowest BCUT2D eigenvalue weighted by molar-refractivity contribution is -0.121. The van der Waals surface area contributed by atoms with E-state index < -0.39 is 0 Å². The average molecular weight is 264 g/mol. The number of nitrogen functional groups attached to an aromatic ring is 1. The molecule has 6 heteroatoms. The maximum atomic E-state index is 11.6. The summed E-state index contributed by atoms with van der Waals surface area (Å²) >= 11 is 0. The molecule has 0 aliphatic carbocycles. The van der Waals surface area contributed by atoms with Gasteiger partial charge in [0.15, 0.2) is 0 Å². The molecule has 1 aromatic rings. The third-order valence-corrected chi connectivity index (χ3v) is 2.62. The topological polar surface area (TPSA) is 87.5 Å². The Morgan fingerprint density at radius 2 is 2.00 bits per heavy atom. The average Bonchev–Trinajstić information content (AvgIpc) is 2.38. The minimum atomic E-state index is -0.331. The molecule has 6 nitrogen and oxygen atoms in total. The molecule has 1 aromatic carbocycles. The zero-order chi connectivity index (χ0) is 14.3. The van der Waals surface area contributed by atoms with Crippen molar-refractivity contribution in [1.82, 2.24) is 15.6 Å². The first-order chi connectivity index (χ1) is 9.08. The fraction of sp³-hybridized carbons (Fsp3) is 0.385. The zero-order valence-corrected chi connectivity index (χ0v) is 11.3. The SMILES string of the molecule is CCNC(=O)CN(C)Cc1ccccc1C(=O)NN. The molecule has 19 heavy (non-hydrogen) atoms. The Bertz CT molecular complexity index is 448. The Hall–Kier alpha value is -1.92. The van der Waals surface area contributed by atoms with Crippen LogP contribution in [0.5, 0.6) is 0 Å². The van der Waals surface area contributed by atoms with Crippen LogP contribution in [-0.2, 0) is 11.3 Å².